The van der Waals surface area contributed by atoms with Gasteiger partial charge in [0.15, 0.2) is 0 Å². The van der Waals surface area contributed by atoms with Crippen molar-refractivity contribution in [3.63, 3.8) is 0 Å². The van der Waals surface area contributed by atoms with Gasteiger partial charge in [0.1, 0.15) is 0 Å². The number of aliphatic carboxylic acids is 1. The summed E-state index contributed by atoms with van der Waals surface area (Å²) in [6.07, 6.45) is -0.337. The Bertz CT molecular complexity index is 624. The van der Waals surface area contributed by atoms with Crippen LogP contribution in [0, 0.1) is 5.92 Å². The maximum Gasteiger partial charge on any atom is 0.307 e. The van der Waals surface area contributed by atoms with Crippen LogP contribution in [0.3, 0.4) is 0 Å². The molecule has 0 heterocycles. The predicted molar refractivity (Wildman–Crippen MR) is 89.2 cm³/mol. The molecule has 0 aliphatic heterocycles. The molecule has 2 rings (SSSR count). The van der Waals surface area contributed by atoms with Gasteiger partial charge in [-0.15, -0.1) is 0 Å². The van der Waals surface area contributed by atoms with Crippen molar-refractivity contribution >= 4 is 28.5 Å². The number of hydrogen-bond donors (Lipinski definition) is 3. The smallest absolute Gasteiger partial charge is 0.307 e. The average molecular weight is 320 g/mol. The fourth-order valence-electron chi connectivity index (χ4n) is 2.35. The quantitative estimate of drug-likeness (QED) is 0.695. The molecule has 2 aromatic rings. The Morgan fingerprint density at radius 2 is 1.82 bits per heavy atom. The molecule has 2 aromatic carbocycles. The number of carbonyl (C=O) groups is 1. The first kappa shape index (κ1) is 16.8. The molecular formula is C17H20O4S. The van der Waals surface area contributed by atoms with Crippen molar-refractivity contribution in [2.45, 2.75) is 12.5 Å². The van der Waals surface area contributed by atoms with Crippen LogP contribution in [0.1, 0.15) is 5.56 Å². The van der Waals surface area contributed by atoms with Gasteiger partial charge in [-0.25, -0.2) is 0 Å². The van der Waals surface area contributed by atoms with Crippen molar-refractivity contribution in [3.8, 4) is 0 Å². The third-order valence-electron chi connectivity index (χ3n) is 3.54. The molecule has 4 nitrogen and oxygen atoms in total. The Balaban J connectivity index is 2.08. The van der Waals surface area contributed by atoms with Crippen LogP contribution in [0.4, 0.5) is 0 Å². The molecule has 0 amide bonds. The first-order valence-electron chi connectivity index (χ1n) is 7.18. The molecule has 5 heteroatoms. The minimum Gasteiger partial charge on any atom is -0.481 e. The van der Waals surface area contributed by atoms with Crippen LogP contribution >= 0.6 is 11.8 Å². The second-order valence-electron chi connectivity index (χ2n) is 5.25. The zero-order valence-electron chi connectivity index (χ0n) is 12.2. The predicted octanol–water partition coefficient (Wildman–Crippen LogP) is 2.17. The summed E-state index contributed by atoms with van der Waals surface area (Å²) < 4.78 is 0. The first-order chi connectivity index (χ1) is 10.6. The minimum atomic E-state index is -0.834. The summed E-state index contributed by atoms with van der Waals surface area (Å²) in [5.41, 5.74) is 1.02. The summed E-state index contributed by atoms with van der Waals surface area (Å²) in [6, 6.07) is 13.9. The molecular weight excluding hydrogens is 300 g/mol. The molecule has 0 aliphatic rings. The SMILES string of the molecule is O=C(O)C(CSCC(O)CO)Cc1cccc2ccccc12. The van der Waals surface area contributed by atoms with Gasteiger partial charge in [0.25, 0.3) is 0 Å². The number of carboxylic acid groups (broad SMARTS) is 1. The molecule has 0 fully saturated rings. The van der Waals surface area contributed by atoms with E-state index < -0.39 is 18.0 Å². The second-order valence-corrected chi connectivity index (χ2v) is 6.33. The highest BCUT2D eigenvalue weighted by Crippen LogP contribution is 2.23. The lowest BCUT2D eigenvalue weighted by atomic mass is 9.96. The number of fused-ring (bicyclic) bond motifs is 1. The summed E-state index contributed by atoms with van der Waals surface area (Å²) in [5, 5.41) is 29.7. The van der Waals surface area contributed by atoms with E-state index >= 15 is 0 Å². The van der Waals surface area contributed by atoms with E-state index in [0.29, 0.717) is 17.9 Å². The molecule has 0 saturated carbocycles. The van der Waals surface area contributed by atoms with E-state index in [1.165, 1.54) is 11.8 Å². The van der Waals surface area contributed by atoms with E-state index in [1.807, 2.05) is 42.5 Å². The number of thioether (sulfide) groups is 1. The average Bonchev–Trinajstić information content (AvgIpc) is 2.53. The molecule has 2 atom stereocenters. The lowest BCUT2D eigenvalue weighted by molar-refractivity contribution is -0.140. The summed E-state index contributed by atoms with van der Waals surface area (Å²) in [6.45, 7) is -0.298. The van der Waals surface area contributed by atoms with Gasteiger partial charge < -0.3 is 15.3 Å². The molecule has 0 spiro atoms. The number of rotatable bonds is 8. The van der Waals surface area contributed by atoms with Crippen LogP contribution in [0.2, 0.25) is 0 Å². The van der Waals surface area contributed by atoms with Crippen LogP contribution in [-0.4, -0.2) is 45.5 Å². The Hall–Kier alpha value is -1.56. The van der Waals surface area contributed by atoms with Crippen molar-refractivity contribution in [2.75, 3.05) is 18.1 Å². The zero-order chi connectivity index (χ0) is 15.9. The lowest BCUT2D eigenvalue weighted by Gasteiger charge is -2.15. The monoisotopic (exact) mass is 320 g/mol. The van der Waals surface area contributed by atoms with Crippen LogP contribution in [-0.2, 0) is 11.2 Å². The molecule has 22 heavy (non-hydrogen) atoms. The number of benzene rings is 2. The Kier molecular flexibility index (Phi) is 6.24. The fourth-order valence-corrected chi connectivity index (χ4v) is 3.41. The topological polar surface area (TPSA) is 77.8 Å². The van der Waals surface area contributed by atoms with Crippen LogP contribution < -0.4 is 0 Å². The van der Waals surface area contributed by atoms with E-state index in [1.54, 1.807) is 0 Å². The molecule has 0 aromatic heterocycles. The van der Waals surface area contributed by atoms with Crippen LogP contribution in [0.25, 0.3) is 10.8 Å². The molecule has 2 unspecified atom stereocenters. The fraction of sp³-hybridized carbons (Fsp3) is 0.353. The molecule has 0 radical (unpaired) electrons. The Labute approximate surface area is 133 Å². The van der Waals surface area contributed by atoms with Gasteiger partial charge in [-0.2, -0.15) is 11.8 Å². The maximum atomic E-state index is 11.5. The van der Waals surface area contributed by atoms with Crippen molar-refractivity contribution < 1.29 is 20.1 Å². The highest BCUT2D eigenvalue weighted by Gasteiger charge is 2.19. The third-order valence-corrected chi connectivity index (χ3v) is 4.79. The summed E-state index contributed by atoms with van der Waals surface area (Å²) in [7, 11) is 0. The van der Waals surface area contributed by atoms with E-state index in [-0.39, 0.29) is 6.61 Å². The zero-order valence-corrected chi connectivity index (χ0v) is 13.0. The Morgan fingerprint density at radius 1 is 1.09 bits per heavy atom. The lowest BCUT2D eigenvalue weighted by Crippen LogP contribution is -2.21. The molecule has 3 N–H and O–H groups in total. The van der Waals surface area contributed by atoms with Crippen LogP contribution in [0.15, 0.2) is 42.5 Å². The molecule has 0 aliphatic carbocycles. The van der Waals surface area contributed by atoms with Gasteiger partial charge in [-0.1, -0.05) is 42.5 Å². The maximum absolute atomic E-state index is 11.5. The van der Waals surface area contributed by atoms with Gasteiger partial charge in [0.2, 0.25) is 0 Å². The molecule has 118 valence electrons. The summed E-state index contributed by atoms with van der Waals surface area (Å²) >= 11 is 1.36. The third kappa shape index (κ3) is 4.47. The van der Waals surface area contributed by atoms with Gasteiger partial charge in [0.05, 0.1) is 18.6 Å². The highest BCUT2D eigenvalue weighted by atomic mass is 32.2. The van der Waals surface area contributed by atoms with Gasteiger partial charge in [-0.05, 0) is 22.8 Å². The van der Waals surface area contributed by atoms with E-state index in [9.17, 15) is 15.0 Å². The molecule has 0 saturated heterocycles. The van der Waals surface area contributed by atoms with Crippen molar-refractivity contribution in [3.05, 3.63) is 48.0 Å². The normalized spacial score (nSPS) is 13.9. The van der Waals surface area contributed by atoms with Crippen molar-refractivity contribution in [1.29, 1.82) is 0 Å². The number of carboxylic acids is 1. The van der Waals surface area contributed by atoms with Gasteiger partial charge in [-0.3, -0.25) is 4.79 Å². The summed E-state index contributed by atoms with van der Waals surface area (Å²) in [5.74, 6) is -0.591. The van der Waals surface area contributed by atoms with Gasteiger partial charge in [0, 0.05) is 11.5 Å². The number of hydrogen-bond acceptors (Lipinski definition) is 4. The standard InChI is InChI=1S/C17H20O4S/c18-9-15(19)11-22-10-14(17(20)21)8-13-6-3-5-12-4-1-2-7-16(12)13/h1-7,14-15,18-19H,8-11H2,(H,20,21). The Morgan fingerprint density at radius 3 is 2.55 bits per heavy atom. The minimum absolute atomic E-state index is 0.298. The van der Waals surface area contributed by atoms with Crippen LogP contribution in [0.5, 0.6) is 0 Å². The summed E-state index contributed by atoms with van der Waals surface area (Å²) in [4.78, 5) is 11.5. The van der Waals surface area contributed by atoms with E-state index in [4.69, 9.17) is 5.11 Å². The molecule has 0 bridgehead atoms. The highest BCUT2D eigenvalue weighted by molar-refractivity contribution is 7.99. The first-order valence-corrected chi connectivity index (χ1v) is 8.33. The van der Waals surface area contributed by atoms with Crippen molar-refractivity contribution in [1.82, 2.24) is 0 Å². The van der Waals surface area contributed by atoms with Crippen molar-refractivity contribution in [2.24, 2.45) is 5.92 Å². The second kappa shape index (κ2) is 8.17. The van der Waals surface area contributed by atoms with E-state index in [2.05, 4.69) is 0 Å². The number of aliphatic hydroxyl groups is 2. The van der Waals surface area contributed by atoms with E-state index in [0.717, 1.165) is 16.3 Å². The number of aliphatic hydroxyl groups excluding tert-OH is 2. The largest absolute Gasteiger partial charge is 0.481 e. The van der Waals surface area contributed by atoms with Gasteiger partial charge >= 0.3 is 5.97 Å².